The Morgan fingerprint density at radius 3 is 2.50 bits per heavy atom. The average molecular weight is 230 g/mol. The molecule has 16 heavy (non-hydrogen) atoms. The standard InChI is InChI=1S/C11H22N2O3/c1-9-6-13(7-10(2)12-9)11(14)8-16-5-4-15-3/h9-10,12H,4-8H2,1-3H3. The van der Waals surface area contributed by atoms with Crippen LogP contribution in [0.25, 0.3) is 0 Å². The minimum Gasteiger partial charge on any atom is -0.382 e. The van der Waals surface area contributed by atoms with Gasteiger partial charge >= 0.3 is 0 Å². The number of hydrogen-bond donors (Lipinski definition) is 1. The molecule has 0 aromatic carbocycles. The Morgan fingerprint density at radius 2 is 1.94 bits per heavy atom. The van der Waals surface area contributed by atoms with Gasteiger partial charge in [0.15, 0.2) is 0 Å². The normalized spacial score (nSPS) is 25.8. The molecule has 2 unspecified atom stereocenters. The summed E-state index contributed by atoms with van der Waals surface area (Å²) in [6, 6.07) is 0.707. The molecule has 1 heterocycles. The zero-order valence-corrected chi connectivity index (χ0v) is 10.4. The van der Waals surface area contributed by atoms with E-state index in [0.717, 1.165) is 13.1 Å². The number of nitrogens with one attached hydrogen (secondary N) is 1. The topological polar surface area (TPSA) is 50.8 Å². The smallest absolute Gasteiger partial charge is 0.248 e. The van der Waals surface area contributed by atoms with Gasteiger partial charge in [0.1, 0.15) is 6.61 Å². The molecule has 2 atom stereocenters. The van der Waals surface area contributed by atoms with E-state index < -0.39 is 0 Å². The molecule has 5 nitrogen and oxygen atoms in total. The van der Waals surface area contributed by atoms with Gasteiger partial charge in [-0.05, 0) is 13.8 Å². The number of ether oxygens (including phenoxy) is 2. The minimum atomic E-state index is 0.0660. The van der Waals surface area contributed by atoms with Crippen molar-refractivity contribution in [3.8, 4) is 0 Å². The van der Waals surface area contributed by atoms with Crippen LogP contribution in [0.3, 0.4) is 0 Å². The largest absolute Gasteiger partial charge is 0.382 e. The Balaban J connectivity index is 2.24. The van der Waals surface area contributed by atoms with E-state index >= 15 is 0 Å². The molecule has 0 spiro atoms. The number of nitrogens with zero attached hydrogens (tertiary/aromatic N) is 1. The molecule has 0 bridgehead atoms. The van der Waals surface area contributed by atoms with Gasteiger partial charge in [0.2, 0.25) is 5.91 Å². The van der Waals surface area contributed by atoms with Gasteiger partial charge in [-0.3, -0.25) is 4.79 Å². The lowest BCUT2D eigenvalue weighted by atomic mass is 10.1. The maximum atomic E-state index is 11.8. The van der Waals surface area contributed by atoms with Crippen molar-refractivity contribution in [1.82, 2.24) is 10.2 Å². The predicted octanol–water partition coefficient (Wildman–Crippen LogP) is -0.142. The molecule has 1 rings (SSSR count). The molecule has 1 amide bonds. The molecule has 0 aliphatic carbocycles. The van der Waals surface area contributed by atoms with E-state index in [1.54, 1.807) is 7.11 Å². The van der Waals surface area contributed by atoms with Crippen molar-refractivity contribution in [2.45, 2.75) is 25.9 Å². The van der Waals surface area contributed by atoms with Crippen LogP contribution in [0.2, 0.25) is 0 Å². The summed E-state index contributed by atoms with van der Waals surface area (Å²) in [5.41, 5.74) is 0. The molecule has 5 heteroatoms. The van der Waals surface area contributed by atoms with E-state index in [9.17, 15) is 4.79 Å². The predicted molar refractivity (Wildman–Crippen MR) is 61.3 cm³/mol. The average Bonchev–Trinajstić information content (AvgIpc) is 2.22. The van der Waals surface area contributed by atoms with Crippen molar-refractivity contribution in [1.29, 1.82) is 0 Å². The number of piperazine rings is 1. The van der Waals surface area contributed by atoms with Gasteiger partial charge in [0, 0.05) is 32.3 Å². The Kier molecular flexibility index (Phi) is 5.73. The van der Waals surface area contributed by atoms with Crippen LogP contribution in [0.15, 0.2) is 0 Å². The fourth-order valence-corrected chi connectivity index (χ4v) is 1.92. The number of hydrogen-bond acceptors (Lipinski definition) is 4. The summed E-state index contributed by atoms with van der Waals surface area (Å²) < 4.78 is 10.1. The number of amides is 1. The molecule has 1 aliphatic heterocycles. The van der Waals surface area contributed by atoms with Gasteiger partial charge in [0.25, 0.3) is 0 Å². The molecule has 94 valence electrons. The maximum Gasteiger partial charge on any atom is 0.248 e. The highest BCUT2D eigenvalue weighted by Gasteiger charge is 2.24. The first-order valence-electron chi connectivity index (χ1n) is 5.74. The van der Waals surface area contributed by atoms with Crippen molar-refractivity contribution in [3.63, 3.8) is 0 Å². The highest BCUT2D eigenvalue weighted by molar-refractivity contribution is 5.77. The SMILES string of the molecule is COCCOCC(=O)N1CC(C)NC(C)C1. The molecule has 1 saturated heterocycles. The molecular formula is C11H22N2O3. The summed E-state index contributed by atoms with van der Waals surface area (Å²) in [5, 5.41) is 3.39. The fraction of sp³-hybridized carbons (Fsp3) is 0.909. The van der Waals surface area contributed by atoms with Crippen molar-refractivity contribution < 1.29 is 14.3 Å². The third kappa shape index (κ3) is 4.47. The summed E-state index contributed by atoms with van der Waals surface area (Å²) in [7, 11) is 1.62. The molecule has 0 aromatic heterocycles. The van der Waals surface area contributed by atoms with Crippen molar-refractivity contribution in [3.05, 3.63) is 0 Å². The quantitative estimate of drug-likeness (QED) is 0.668. The molecule has 1 aliphatic rings. The minimum absolute atomic E-state index is 0.0660. The first-order valence-corrected chi connectivity index (χ1v) is 5.74. The van der Waals surface area contributed by atoms with E-state index in [1.807, 2.05) is 4.90 Å². The summed E-state index contributed by atoms with van der Waals surface area (Å²) >= 11 is 0. The lowest BCUT2D eigenvalue weighted by Gasteiger charge is -2.36. The van der Waals surface area contributed by atoms with E-state index in [4.69, 9.17) is 9.47 Å². The second kappa shape index (κ2) is 6.83. The molecule has 1 fully saturated rings. The Bertz CT molecular complexity index is 213. The zero-order chi connectivity index (χ0) is 12.0. The van der Waals surface area contributed by atoms with Crippen molar-refractivity contribution in [2.24, 2.45) is 0 Å². The second-order valence-corrected chi connectivity index (χ2v) is 4.31. The maximum absolute atomic E-state index is 11.8. The number of rotatable bonds is 5. The third-order valence-electron chi connectivity index (χ3n) is 2.57. The van der Waals surface area contributed by atoms with E-state index in [0.29, 0.717) is 25.3 Å². The Morgan fingerprint density at radius 1 is 1.31 bits per heavy atom. The summed E-state index contributed by atoms with van der Waals surface area (Å²) in [4.78, 5) is 13.6. The molecule has 0 saturated carbocycles. The first-order chi connectivity index (χ1) is 7.63. The Labute approximate surface area is 97.1 Å². The van der Waals surface area contributed by atoms with Gasteiger partial charge in [-0.2, -0.15) is 0 Å². The van der Waals surface area contributed by atoms with Gasteiger partial charge < -0.3 is 19.7 Å². The van der Waals surface area contributed by atoms with E-state index in [1.165, 1.54) is 0 Å². The van der Waals surface area contributed by atoms with E-state index in [2.05, 4.69) is 19.2 Å². The molecular weight excluding hydrogens is 208 g/mol. The van der Waals surface area contributed by atoms with Gasteiger partial charge in [-0.25, -0.2) is 0 Å². The van der Waals surface area contributed by atoms with Crippen molar-refractivity contribution in [2.75, 3.05) is 40.0 Å². The summed E-state index contributed by atoms with van der Waals surface area (Å²) in [6.07, 6.45) is 0. The number of carbonyl (C=O) groups is 1. The number of carbonyl (C=O) groups excluding carboxylic acids is 1. The molecule has 0 aromatic rings. The highest BCUT2D eigenvalue weighted by atomic mass is 16.5. The lowest BCUT2D eigenvalue weighted by molar-refractivity contribution is -0.138. The van der Waals surface area contributed by atoms with Crippen LogP contribution in [0.1, 0.15) is 13.8 Å². The van der Waals surface area contributed by atoms with Gasteiger partial charge in [-0.1, -0.05) is 0 Å². The molecule has 0 radical (unpaired) electrons. The van der Waals surface area contributed by atoms with Crippen LogP contribution in [0, 0.1) is 0 Å². The zero-order valence-electron chi connectivity index (χ0n) is 10.4. The molecule has 1 N–H and O–H groups in total. The number of methoxy groups -OCH3 is 1. The van der Waals surface area contributed by atoms with Crippen LogP contribution in [-0.2, 0) is 14.3 Å². The highest BCUT2D eigenvalue weighted by Crippen LogP contribution is 2.04. The van der Waals surface area contributed by atoms with Gasteiger partial charge in [-0.15, -0.1) is 0 Å². The van der Waals surface area contributed by atoms with Crippen molar-refractivity contribution >= 4 is 5.91 Å². The second-order valence-electron chi connectivity index (χ2n) is 4.31. The fourth-order valence-electron chi connectivity index (χ4n) is 1.92. The summed E-state index contributed by atoms with van der Waals surface area (Å²) in [6.45, 7) is 6.85. The van der Waals surface area contributed by atoms with Crippen LogP contribution in [0.5, 0.6) is 0 Å². The Hall–Kier alpha value is -0.650. The van der Waals surface area contributed by atoms with Crippen LogP contribution in [0.4, 0.5) is 0 Å². The third-order valence-corrected chi connectivity index (χ3v) is 2.57. The van der Waals surface area contributed by atoms with Crippen LogP contribution >= 0.6 is 0 Å². The van der Waals surface area contributed by atoms with E-state index in [-0.39, 0.29) is 12.5 Å². The first kappa shape index (κ1) is 13.4. The van der Waals surface area contributed by atoms with Crippen LogP contribution in [-0.4, -0.2) is 62.9 Å². The summed E-state index contributed by atoms with van der Waals surface area (Å²) in [5.74, 6) is 0.0660. The monoisotopic (exact) mass is 230 g/mol. The van der Waals surface area contributed by atoms with Crippen LogP contribution < -0.4 is 5.32 Å². The lowest BCUT2D eigenvalue weighted by Crippen LogP contribution is -2.56. The van der Waals surface area contributed by atoms with Gasteiger partial charge in [0.05, 0.1) is 13.2 Å².